The largest absolute Gasteiger partial charge is 0.507 e. The average molecular weight is 289 g/mol. The van der Waals surface area contributed by atoms with Gasteiger partial charge in [-0.1, -0.05) is 0 Å². The van der Waals surface area contributed by atoms with Crippen LogP contribution in [-0.4, -0.2) is 19.9 Å². The van der Waals surface area contributed by atoms with Crippen molar-refractivity contribution in [2.75, 3.05) is 0 Å². The number of hydrogen-bond acceptors (Lipinski definition) is 4. The van der Waals surface area contributed by atoms with Gasteiger partial charge in [0.2, 0.25) is 0 Å². The van der Waals surface area contributed by atoms with Gasteiger partial charge in [0, 0.05) is 17.7 Å². The first kappa shape index (κ1) is 14.6. The number of aromatic hydroxyl groups is 3. The minimum Gasteiger partial charge on any atom is -0.507 e. The highest BCUT2D eigenvalue weighted by atomic mass is 16.3. The molecule has 6 heteroatoms. The Hall–Kier alpha value is -2.76. The van der Waals surface area contributed by atoms with Gasteiger partial charge in [0.25, 0.3) is 0 Å². The number of aromatic nitrogens is 2. The van der Waals surface area contributed by atoms with Crippen molar-refractivity contribution in [1.82, 2.24) is 4.57 Å². The van der Waals surface area contributed by atoms with Gasteiger partial charge in [-0.25, -0.2) is 0 Å². The van der Waals surface area contributed by atoms with Crippen molar-refractivity contribution < 1.29 is 19.9 Å². The van der Waals surface area contributed by atoms with Crippen LogP contribution in [0.5, 0.6) is 17.2 Å². The molecule has 1 heterocycles. The van der Waals surface area contributed by atoms with Crippen molar-refractivity contribution in [1.29, 1.82) is 0 Å². The second kappa shape index (κ2) is 5.32. The molecular weight excluding hydrogens is 272 g/mol. The topological polar surface area (TPSA) is 86.6 Å². The Morgan fingerprint density at radius 3 is 2.33 bits per heavy atom. The average Bonchev–Trinajstić information content (AvgIpc) is 2.44. The number of phenolic OH excluding ortho intramolecular Hbond substituents is 3. The first-order chi connectivity index (χ1) is 9.81. The maximum Gasteiger partial charge on any atom is 0.498 e. The van der Waals surface area contributed by atoms with E-state index in [1.165, 1.54) is 15.2 Å². The molecule has 0 unspecified atom stereocenters. The molecule has 2 rings (SSSR count). The predicted molar refractivity (Wildman–Crippen MR) is 78.0 cm³/mol. The van der Waals surface area contributed by atoms with E-state index in [2.05, 4.69) is 0 Å². The lowest BCUT2D eigenvalue weighted by atomic mass is 10.1. The van der Waals surface area contributed by atoms with E-state index in [1.54, 1.807) is 26.2 Å². The Labute approximate surface area is 121 Å². The van der Waals surface area contributed by atoms with Gasteiger partial charge < -0.3 is 15.3 Å². The number of phenols is 3. The fraction of sp³-hybridized carbons (Fsp3) is 0.200. The quantitative estimate of drug-likeness (QED) is 0.434. The summed E-state index contributed by atoms with van der Waals surface area (Å²) in [5, 5.41) is 28.4. The number of rotatable bonds is 2. The van der Waals surface area contributed by atoms with Crippen molar-refractivity contribution in [2.24, 2.45) is 14.1 Å². The van der Waals surface area contributed by atoms with Gasteiger partial charge in [-0.05, 0) is 25.1 Å². The highest BCUT2D eigenvalue weighted by Crippen LogP contribution is 2.32. The Balaban J connectivity index is 2.48. The summed E-state index contributed by atoms with van der Waals surface area (Å²) < 4.78 is 3.00. The third kappa shape index (κ3) is 2.74. The number of aryl methyl sites for hydroxylation is 1. The summed E-state index contributed by atoms with van der Waals surface area (Å²) in [7, 11) is 3.34. The lowest BCUT2D eigenvalue weighted by Gasteiger charge is -2.04. The van der Waals surface area contributed by atoms with Crippen LogP contribution in [0.15, 0.2) is 23.0 Å². The van der Waals surface area contributed by atoms with E-state index < -0.39 is 0 Å². The van der Waals surface area contributed by atoms with Crippen LogP contribution in [0.1, 0.15) is 17.0 Å². The van der Waals surface area contributed by atoms with Crippen LogP contribution in [0.4, 0.5) is 0 Å². The summed E-state index contributed by atoms with van der Waals surface area (Å²) in [6.07, 6.45) is 3.21. The summed E-state index contributed by atoms with van der Waals surface area (Å²) in [5.41, 5.74) is 1.63. The molecule has 3 N–H and O–H groups in total. The monoisotopic (exact) mass is 289 g/mol. The predicted octanol–water partition coefficient (Wildman–Crippen LogP) is 0.805. The maximum absolute atomic E-state index is 12.0. The van der Waals surface area contributed by atoms with E-state index in [-0.39, 0.29) is 22.9 Å². The number of hydrogen-bond donors (Lipinski definition) is 3. The van der Waals surface area contributed by atoms with Gasteiger partial charge in [-0.3, -0.25) is 0 Å². The first-order valence-corrected chi connectivity index (χ1v) is 6.31. The van der Waals surface area contributed by atoms with E-state index in [4.69, 9.17) is 0 Å². The van der Waals surface area contributed by atoms with Crippen LogP contribution >= 0.6 is 0 Å². The van der Waals surface area contributed by atoms with E-state index in [0.29, 0.717) is 11.3 Å². The fourth-order valence-electron chi connectivity index (χ4n) is 1.94. The van der Waals surface area contributed by atoms with Crippen molar-refractivity contribution in [3.8, 4) is 17.2 Å². The molecule has 0 spiro atoms. The third-order valence-corrected chi connectivity index (χ3v) is 3.40. The van der Waals surface area contributed by atoms with E-state index in [0.717, 1.165) is 11.8 Å². The van der Waals surface area contributed by atoms with Gasteiger partial charge in [-0.2, -0.15) is 13.9 Å². The van der Waals surface area contributed by atoms with Gasteiger partial charge in [0.1, 0.15) is 17.1 Å². The molecule has 0 aliphatic rings. The molecule has 110 valence electrons. The highest BCUT2D eigenvalue weighted by Gasteiger charge is 2.12. The fourth-order valence-corrected chi connectivity index (χ4v) is 1.94. The van der Waals surface area contributed by atoms with Crippen LogP contribution in [0.3, 0.4) is 0 Å². The standard InChI is InChI=1S/C15H16N2O4/c1-9-6-11(17(3)15(21)16(9)2)5-4-10-7-13(19)14(20)8-12(10)18/h4-8H,1-3H3,(H2,18,19,20)/p+1. The van der Waals surface area contributed by atoms with Crippen molar-refractivity contribution >= 4 is 12.2 Å². The van der Waals surface area contributed by atoms with Crippen LogP contribution < -0.4 is 10.3 Å². The zero-order valence-electron chi connectivity index (χ0n) is 12.0. The summed E-state index contributed by atoms with van der Waals surface area (Å²) in [6.45, 7) is 1.82. The minimum absolute atomic E-state index is 0.160. The van der Waals surface area contributed by atoms with Gasteiger partial charge in [-0.15, -0.1) is 0 Å². The number of benzene rings is 1. The molecule has 6 nitrogen and oxygen atoms in total. The van der Waals surface area contributed by atoms with Crippen LogP contribution in [-0.2, 0) is 14.1 Å². The number of nitrogens with zero attached hydrogens (tertiary/aromatic N) is 2. The zero-order chi connectivity index (χ0) is 15.7. The van der Waals surface area contributed by atoms with Crippen LogP contribution in [0.25, 0.3) is 12.2 Å². The van der Waals surface area contributed by atoms with Gasteiger partial charge in [0.05, 0.1) is 14.1 Å². The summed E-state index contributed by atoms with van der Waals surface area (Å²) in [6, 6.07) is 4.13. The maximum atomic E-state index is 12.0. The molecule has 2 aromatic rings. The molecule has 0 atom stereocenters. The highest BCUT2D eigenvalue weighted by molar-refractivity contribution is 5.72. The zero-order valence-corrected chi connectivity index (χ0v) is 12.0. The molecule has 0 saturated carbocycles. The second-order valence-corrected chi connectivity index (χ2v) is 4.84. The molecular formula is C15H17N2O4+. The molecule has 0 amide bonds. The molecule has 0 fully saturated rings. The second-order valence-electron chi connectivity index (χ2n) is 4.84. The van der Waals surface area contributed by atoms with E-state index in [1.807, 2.05) is 13.0 Å². The van der Waals surface area contributed by atoms with E-state index >= 15 is 0 Å². The molecule has 0 bridgehead atoms. The molecule has 0 saturated heterocycles. The Kier molecular flexibility index (Phi) is 3.71. The van der Waals surface area contributed by atoms with E-state index in [9.17, 15) is 20.1 Å². The smallest absolute Gasteiger partial charge is 0.498 e. The van der Waals surface area contributed by atoms with Gasteiger partial charge >= 0.3 is 5.69 Å². The molecule has 0 radical (unpaired) electrons. The first-order valence-electron chi connectivity index (χ1n) is 6.31. The lowest BCUT2D eigenvalue weighted by molar-refractivity contribution is -0.692. The summed E-state index contributed by atoms with van der Waals surface area (Å²) >= 11 is 0. The molecule has 1 aromatic carbocycles. The van der Waals surface area contributed by atoms with Gasteiger partial charge in [0.15, 0.2) is 11.5 Å². The Morgan fingerprint density at radius 2 is 1.67 bits per heavy atom. The molecule has 0 aliphatic heterocycles. The third-order valence-electron chi connectivity index (χ3n) is 3.40. The molecule has 1 aromatic heterocycles. The van der Waals surface area contributed by atoms with Crippen LogP contribution in [0, 0.1) is 6.92 Å². The van der Waals surface area contributed by atoms with Crippen molar-refractivity contribution in [3.63, 3.8) is 0 Å². The normalized spacial score (nSPS) is 11.2. The Morgan fingerprint density at radius 1 is 1.05 bits per heavy atom. The van der Waals surface area contributed by atoms with Crippen LogP contribution in [0.2, 0.25) is 0 Å². The summed E-state index contributed by atoms with van der Waals surface area (Å²) in [5.74, 6) is -0.874. The SMILES string of the molecule is Cc1cc(C=Cc2cc(O)c(O)cc2O)[n+](C)c(=O)n1C. The minimum atomic E-state index is -0.389. The lowest BCUT2D eigenvalue weighted by Crippen LogP contribution is -2.53. The van der Waals surface area contributed by atoms with Crippen molar-refractivity contribution in [2.45, 2.75) is 6.92 Å². The van der Waals surface area contributed by atoms with Crippen molar-refractivity contribution in [3.05, 3.63) is 45.6 Å². The molecule has 0 aliphatic carbocycles. The Bertz CT molecular complexity index is 791. The molecule has 21 heavy (non-hydrogen) atoms. The summed E-state index contributed by atoms with van der Waals surface area (Å²) in [4.78, 5) is 12.0.